The van der Waals surface area contributed by atoms with Crippen LogP contribution in [-0.4, -0.2) is 33.2 Å². The van der Waals surface area contributed by atoms with Gasteiger partial charge in [0.05, 0.1) is 11.4 Å². The number of amides is 1. The third-order valence-corrected chi connectivity index (χ3v) is 3.58. The van der Waals surface area contributed by atoms with Gasteiger partial charge in [-0.2, -0.15) is 16.9 Å². The van der Waals surface area contributed by atoms with Crippen molar-refractivity contribution in [3.05, 3.63) is 11.4 Å². The Morgan fingerprint density at radius 3 is 2.76 bits per heavy atom. The molecule has 17 heavy (non-hydrogen) atoms. The third kappa shape index (κ3) is 3.39. The fraction of sp³-hybridized carbons (Fsp3) is 0.636. The molecular weight excluding hydrogens is 236 g/mol. The van der Waals surface area contributed by atoms with E-state index in [1.807, 2.05) is 6.92 Å². The van der Waals surface area contributed by atoms with E-state index < -0.39 is 0 Å². The summed E-state index contributed by atoms with van der Waals surface area (Å²) >= 11 is 1.80. The van der Waals surface area contributed by atoms with Crippen LogP contribution in [0.15, 0.2) is 0 Å². The molecule has 0 saturated carbocycles. The Labute approximate surface area is 106 Å². The smallest absolute Gasteiger partial charge is 0.271 e. The number of hydrogen-bond donors (Lipinski definition) is 2. The molecule has 0 radical (unpaired) electrons. The lowest BCUT2D eigenvalue weighted by atomic mass is 10.2. The Balaban J connectivity index is 2.70. The molecular formula is C11H20N4OS. The molecule has 1 aromatic rings. The molecule has 1 aromatic heterocycles. The summed E-state index contributed by atoms with van der Waals surface area (Å²) in [7, 11) is 1.73. The molecule has 1 atom stereocenters. The second kappa shape index (κ2) is 5.95. The third-order valence-electron chi connectivity index (χ3n) is 2.43. The minimum Gasteiger partial charge on any atom is -0.395 e. The minimum absolute atomic E-state index is 0.127. The summed E-state index contributed by atoms with van der Waals surface area (Å²) < 4.78 is 1.53. The van der Waals surface area contributed by atoms with Crippen molar-refractivity contribution in [3.8, 4) is 0 Å². The molecule has 6 heteroatoms. The molecule has 5 nitrogen and oxygen atoms in total. The highest BCUT2D eigenvalue weighted by atomic mass is 32.2. The number of hydrogen-bond acceptors (Lipinski definition) is 4. The van der Waals surface area contributed by atoms with Crippen LogP contribution in [0.4, 0.5) is 5.69 Å². The number of nitrogens with zero attached hydrogens (tertiary/aromatic N) is 2. The molecule has 1 unspecified atom stereocenters. The minimum atomic E-state index is -0.158. The van der Waals surface area contributed by atoms with Crippen LogP contribution in [0.2, 0.25) is 0 Å². The van der Waals surface area contributed by atoms with Crippen molar-refractivity contribution >= 4 is 23.4 Å². The molecule has 0 spiro atoms. The highest BCUT2D eigenvalue weighted by molar-refractivity contribution is 7.99. The molecule has 0 aliphatic rings. The number of rotatable bonds is 5. The van der Waals surface area contributed by atoms with Crippen LogP contribution in [0.25, 0.3) is 0 Å². The first-order chi connectivity index (χ1) is 7.97. The van der Waals surface area contributed by atoms with E-state index in [0.717, 1.165) is 11.5 Å². The zero-order valence-corrected chi connectivity index (χ0v) is 11.6. The number of aryl methyl sites for hydroxylation is 2. The van der Waals surface area contributed by atoms with Crippen LogP contribution in [0.5, 0.6) is 0 Å². The predicted molar refractivity (Wildman–Crippen MR) is 72.3 cm³/mol. The monoisotopic (exact) mass is 256 g/mol. The summed E-state index contributed by atoms with van der Waals surface area (Å²) in [6, 6.07) is 0.127. The fourth-order valence-electron chi connectivity index (χ4n) is 1.57. The van der Waals surface area contributed by atoms with E-state index >= 15 is 0 Å². The molecule has 96 valence electrons. The molecule has 1 amide bonds. The van der Waals surface area contributed by atoms with E-state index in [2.05, 4.69) is 17.3 Å². The molecule has 0 aliphatic carbocycles. The molecule has 0 aromatic carbocycles. The zero-order chi connectivity index (χ0) is 13.0. The van der Waals surface area contributed by atoms with Gasteiger partial charge in [-0.25, -0.2) is 0 Å². The molecule has 0 bridgehead atoms. The number of thioether (sulfide) groups is 1. The number of nitrogens with two attached hydrogens (primary N) is 1. The summed E-state index contributed by atoms with van der Waals surface area (Å²) in [6.07, 6.45) is 0. The molecule has 3 N–H and O–H groups in total. The normalized spacial score (nSPS) is 12.5. The van der Waals surface area contributed by atoms with Crippen molar-refractivity contribution in [1.29, 1.82) is 0 Å². The number of carbonyl (C=O) groups is 1. The second-order valence-electron chi connectivity index (χ2n) is 4.01. The number of aromatic nitrogens is 2. The van der Waals surface area contributed by atoms with Crippen molar-refractivity contribution in [3.63, 3.8) is 0 Å². The van der Waals surface area contributed by atoms with Crippen molar-refractivity contribution < 1.29 is 4.79 Å². The molecule has 0 fully saturated rings. The molecule has 1 rings (SSSR count). The van der Waals surface area contributed by atoms with Crippen LogP contribution in [0, 0.1) is 6.92 Å². The van der Waals surface area contributed by atoms with Crippen LogP contribution < -0.4 is 11.1 Å². The van der Waals surface area contributed by atoms with Gasteiger partial charge >= 0.3 is 0 Å². The summed E-state index contributed by atoms with van der Waals surface area (Å²) in [4.78, 5) is 12.0. The SMILES string of the molecule is CCSCC(C)NC(=O)c1c(N)c(C)nn1C. The highest BCUT2D eigenvalue weighted by Gasteiger charge is 2.19. The standard InChI is InChI=1S/C11H20N4OS/c1-5-17-6-7(2)13-11(16)10-9(12)8(3)14-15(10)4/h7H,5-6,12H2,1-4H3,(H,13,16). The van der Waals surface area contributed by atoms with Crippen molar-refractivity contribution in [1.82, 2.24) is 15.1 Å². The van der Waals surface area contributed by atoms with Gasteiger partial charge in [0, 0.05) is 18.8 Å². The van der Waals surface area contributed by atoms with Gasteiger partial charge in [0.2, 0.25) is 0 Å². The van der Waals surface area contributed by atoms with Gasteiger partial charge in [-0.15, -0.1) is 0 Å². The maximum atomic E-state index is 12.0. The summed E-state index contributed by atoms with van der Waals surface area (Å²) in [5.74, 6) is 1.79. The van der Waals surface area contributed by atoms with Crippen molar-refractivity contribution in [2.45, 2.75) is 26.8 Å². The Morgan fingerprint density at radius 1 is 1.65 bits per heavy atom. The number of carbonyl (C=O) groups excluding carboxylic acids is 1. The van der Waals surface area contributed by atoms with E-state index in [1.54, 1.807) is 25.7 Å². The van der Waals surface area contributed by atoms with Gasteiger partial charge in [0.1, 0.15) is 5.69 Å². The number of nitrogens with one attached hydrogen (secondary N) is 1. The highest BCUT2D eigenvalue weighted by Crippen LogP contribution is 2.15. The van der Waals surface area contributed by atoms with Crippen LogP contribution >= 0.6 is 11.8 Å². The molecule has 0 saturated heterocycles. The fourth-order valence-corrected chi connectivity index (χ4v) is 2.24. The summed E-state index contributed by atoms with van der Waals surface area (Å²) in [5, 5.41) is 7.05. The van der Waals surface area contributed by atoms with Crippen molar-refractivity contribution in [2.75, 3.05) is 17.2 Å². The molecule has 0 aliphatic heterocycles. The van der Waals surface area contributed by atoms with Gasteiger partial charge < -0.3 is 11.1 Å². The molecule has 1 heterocycles. The van der Waals surface area contributed by atoms with Crippen LogP contribution in [-0.2, 0) is 7.05 Å². The lowest BCUT2D eigenvalue weighted by Gasteiger charge is -2.13. The Morgan fingerprint density at radius 2 is 2.29 bits per heavy atom. The second-order valence-corrected chi connectivity index (χ2v) is 5.32. The predicted octanol–water partition coefficient (Wildman–Crippen LogP) is 1.18. The van der Waals surface area contributed by atoms with Gasteiger partial charge in [-0.05, 0) is 19.6 Å². The van der Waals surface area contributed by atoms with Gasteiger partial charge in [-0.1, -0.05) is 6.92 Å². The Hall–Kier alpha value is -1.17. The largest absolute Gasteiger partial charge is 0.395 e. The van der Waals surface area contributed by atoms with E-state index in [1.165, 1.54) is 4.68 Å². The average Bonchev–Trinajstić information content (AvgIpc) is 2.50. The first-order valence-electron chi connectivity index (χ1n) is 5.65. The van der Waals surface area contributed by atoms with Crippen LogP contribution in [0.3, 0.4) is 0 Å². The Bertz CT molecular complexity index is 402. The summed E-state index contributed by atoms with van der Waals surface area (Å²) in [6.45, 7) is 5.88. The number of nitrogen functional groups attached to an aromatic ring is 1. The Kier molecular flexibility index (Phi) is 4.86. The topological polar surface area (TPSA) is 72.9 Å². The van der Waals surface area contributed by atoms with E-state index in [-0.39, 0.29) is 11.9 Å². The quantitative estimate of drug-likeness (QED) is 0.830. The van der Waals surface area contributed by atoms with Gasteiger partial charge in [0.25, 0.3) is 5.91 Å². The summed E-state index contributed by atoms with van der Waals surface area (Å²) in [5.41, 5.74) is 7.42. The van der Waals surface area contributed by atoms with Crippen LogP contribution in [0.1, 0.15) is 30.0 Å². The van der Waals surface area contributed by atoms with E-state index in [4.69, 9.17) is 5.73 Å². The lowest BCUT2D eigenvalue weighted by Crippen LogP contribution is -2.35. The van der Waals surface area contributed by atoms with Gasteiger partial charge in [0.15, 0.2) is 0 Å². The van der Waals surface area contributed by atoms with E-state index in [0.29, 0.717) is 17.1 Å². The average molecular weight is 256 g/mol. The maximum Gasteiger partial charge on any atom is 0.271 e. The number of anilines is 1. The maximum absolute atomic E-state index is 12.0. The van der Waals surface area contributed by atoms with Gasteiger partial charge in [-0.3, -0.25) is 9.48 Å². The lowest BCUT2D eigenvalue weighted by molar-refractivity contribution is 0.0935. The first kappa shape index (κ1) is 13.9. The van der Waals surface area contributed by atoms with Crippen molar-refractivity contribution in [2.24, 2.45) is 7.05 Å². The first-order valence-corrected chi connectivity index (χ1v) is 6.80. The zero-order valence-electron chi connectivity index (χ0n) is 10.8. The van der Waals surface area contributed by atoms with E-state index in [9.17, 15) is 4.79 Å².